The number of carbonyl (C=O) groups excluding carboxylic acids is 1. The van der Waals surface area contributed by atoms with E-state index in [1.54, 1.807) is 13.2 Å². The van der Waals surface area contributed by atoms with E-state index in [2.05, 4.69) is 10.4 Å². The van der Waals surface area contributed by atoms with Gasteiger partial charge in [0.2, 0.25) is 5.91 Å². The number of amides is 1. The fraction of sp³-hybridized carbons (Fsp3) is 0.421. The molecule has 0 unspecified atom stereocenters. The van der Waals surface area contributed by atoms with Crippen LogP contribution in [-0.4, -0.2) is 29.3 Å². The lowest BCUT2D eigenvalue weighted by molar-refractivity contribution is -0.121. The third-order valence-electron chi connectivity index (χ3n) is 3.71. The van der Waals surface area contributed by atoms with Crippen LogP contribution in [0.25, 0.3) is 11.3 Å². The van der Waals surface area contributed by atoms with E-state index in [0.717, 1.165) is 11.3 Å². The van der Waals surface area contributed by atoms with E-state index in [9.17, 15) is 9.59 Å². The molecule has 0 saturated carbocycles. The van der Waals surface area contributed by atoms with Crippen molar-refractivity contribution >= 4 is 5.91 Å². The molecule has 2 rings (SSSR count). The first-order chi connectivity index (χ1) is 12.0. The average molecular weight is 343 g/mol. The lowest BCUT2D eigenvalue weighted by atomic mass is 10.1. The molecule has 0 spiro atoms. The summed E-state index contributed by atoms with van der Waals surface area (Å²) in [5.74, 6) is 1.16. The number of methoxy groups -OCH3 is 1. The van der Waals surface area contributed by atoms with Crippen LogP contribution in [-0.2, 0) is 11.3 Å². The molecule has 1 aromatic heterocycles. The van der Waals surface area contributed by atoms with Crippen molar-refractivity contribution in [3.05, 3.63) is 46.8 Å². The Morgan fingerprint density at radius 2 is 2.08 bits per heavy atom. The van der Waals surface area contributed by atoms with Crippen LogP contribution in [0.4, 0.5) is 0 Å². The summed E-state index contributed by atoms with van der Waals surface area (Å²) in [7, 11) is 1.61. The Morgan fingerprint density at radius 3 is 2.80 bits per heavy atom. The van der Waals surface area contributed by atoms with Gasteiger partial charge in [-0.3, -0.25) is 9.59 Å². The summed E-state index contributed by atoms with van der Waals surface area (Å²) >= 11 is 0. The van der Waals surface area contributed by atoms with Crippen LogP contribution in [0.5, 0.6) is 5.75 Å². The highest BCUT2D eigenvalue weighted by atomic mass is 16.5. The molecule has 0 aliphatic carbocycles. The molecule has 0 bridgehead atoms. The number of aryl methyl sites for hydroxylation is 1. The number of nitrogens with one attached hydrogen (secondary N) is 1. The minimum absolute atomic E-state index is 0.00528. The Morgan fingerprint density at radius 1 is 1.28 bits per heavy atom. The van der Waals surface area contributed by atoms with E-state index in [1.165, 1.54) is 10.7 Å². The van der Waals surface area contributed by atoms with E-state index in [1.807, 2.05) is 38.1 Å². The number of hydrogen-bond acceptors (Lipinski definition) is 4. The highest BCUT2D eigenvalue weighted by Crippen LogP contribution is 2.21. The molecule has 25 heavy (non-hydrogen) atoms. The highest BCUT2D eigenvalue weighted by Gasteiger charge is 2.07. The molecule has 0 fully saturated rings. The van der Waals surface area contributed by atoms with E-state index in [0.29, 0.717) is 37.5 Å². The zero-order valence-corrected chi connectivity index (χ0v) is 15.0. The normalized spacial score (nSPS) is 10.7. The first kappa shape index (κ1) is 18.7. The molecule has 1 aromatic carbocycles. The van der Waals surface area contributed by atoms with Gasteiger partial charge in [0.1, 0.15) is 5.75 Å². The predicted molar refractivity (Wildman–Crippen MR) is 97.6 cm³/mol. The predicted octanol–water partition coefficient (Wildman–Crippen LogP) is 2.47. The van der Waals surface area contributed by atoms with Crippen LogP contribution in [0, 0.1) is 5.92 Å². The van der Waals surface area contributed by atoms with E-state index in [-0.39, 0.29) is 11.5 Å². The molecule has 1 amide bonds. The average Bonchev–Trinajstić information content (AvgIpc) is 2.61. The summed E-state index contributed by atoms with van der Waals surface area (Å²) in [6, 6.07) is 10.7. The van der Waals surface area contributed by atoms with Gasteiger partial charge in [-0.1, -0.05) is 26.0 Å². The Balaban J connectivity index is 2.01. The van der Waals surface area contributed by atoms with Gasteiger partial charge in [0.15, 0.2) is 0 Å². The number of carbonyl (C=O) groups is 1. The molecule has 1 heterocycles. The summed E-state index contributed by atoms with van der Waals surface area (Å²) in [5, 5.41) is 7.28. The van der Waals surface area contributed by atoms with Crippen molar-refractivity contribution in [1.82, 2.24) is 15.1 Å². The van der Waals surface area contributed by atoms with Gasteiger partial charge in [0.25, 0.3) is 5.56 Å². The topological polar surface area (TPSA) is 73.2 Å². The summed E-state index contributed by atoms with van der Waals surface area (Å²) in [5.41, 5.74) is 1.40. The third kappa shape index (κ3) is 5.74. The van der Waals surface area contributed by atoms with Crippen LogP contribution in [0.15, 0.2) is 41.2 Å². The van der Waals surface area contributed by atoms with Crippen LogP contribution in [0.1, 0.15) is 26.7 Å². The molecule has 0 radical (unpaired) electrons. The first-order valence-electron chi connectivity index (χ1n) is 8.49. The largest absolute Gasteiger partial charge is 0.497 e. The molecule has 0 atom stereocenters. The molecular weight excluding hydrogens is 318 g/mol. The summed E-state index contributed by atoms with van der Waals surface area (Å²) in [6.45, 7) is 5.18. The van der Waals surface area contributed by atoms with Crippen molar-refractivity contribution < 1.29 is 9.53 Å². The minimum Gasteiger partial charge on any atom is -0.497 e. The maximum absolute atomic E-state index is 12.0. The van der Waals surface area contributed by atoms with Crippen LogP contribution < -0.4 is 15.6 Å². The highest BCUT2D eigenvalue weighted by molar-refractivity contribution is 5.75. The quantitative estimate of drug-likeness (QED) is 0.799. The molecule has 6 nitrogen and oxygen atoms in total. The molecule has 1 N–H and O–H groups in total. The Hall–Kier alpha value is -2.63. The number of benzene rings is 1. The minimum atomic E-state index is -0.172. The van der Waals surface area contributed by atoms with Gasteiger partial charge in [0.05, 0.1) is 12.8 Å². The third-order valence-corrected chi connectivity index (χ3v) is 3.71. The van der Waals surface area contributed by atoms with Crippen LogP contribution in [0.3, 0.4) is 0 Å². The zero-order chi connectivity index (χ0) is 18.2. The lowest BCUT2D eigenvalue weighted by Crippen LogP contribution is -2.28. The second-order valence-corrected chi connectivity index (χ2v) is 6.31. The fourth-order valence-corrected chi connectivity index (χ4v) is 2.34. The van der Waals surface area contributed by atoms with Gasteiger partial charge in [-0.25, -0.2) is 4.68 Å². The van der Waals surface area contributed by atoms with Gasteiger partial charge in [-0.2, -0.15) is 5.10 Å². The molecule has 0 aliphatic rings. The SMILES string of the molecule is COc1cccc(-c2ccc(=O)n(CCCC(=O)NCC(C)C)n2)c1. The van der Waals surface area contributed by atoms with Crippen LogP contribution in [0.2, 0.25) is 0 Å². The maximum atomic E-state index is 12.0. The Kier molecular flexibility index (Phi) is 6.74. The molecular formula is C19H25N3O3. The Bertz CT molecular complexity index is 769. The van der Waals surface area contributed by atoms with Crippen LogP contribution >= 0.6 is 0 Å². The second kappa shape index (κ2) is 9.01. The van der Waals surface area contributed by atoms with Crippen molar-refractivity contribution in [2.45, 2.75) is 33.2 Å². The number of nitrogens with zero attached hydrogens (tertiary/aromatic N) is 2. The number of rotatable bonds is 8. The lowest BCUT2D eigenvalue weighted by Gasteiger charge is -2.09. The van der Waals surface area contributed by atoms with E-state index < -0.39 is 0 Å². The smallest absolute Gasteiger partial charge is 0.266 e. The van der Waals surface area contributed by atoms with Gasteiger partial charge < -0.3 is 10.1 Å². The van der Waals surface area contributed by atoms with Crippen molar-refractivity contribution in [2.75, 3.05) is 13.7 Å². The van der Waals surface area contributed by atoms with Gasteiger partial charge in [0, 0.05) is 31.1 Å². The fourth-order valence-electron chi connectivity index (χ4n) is 2.34. The van der Waals surface area contributed by atoms with Gasteiger partial charge in [-0.15, -0.1) is 0 Å². The zero-order valence-electron chi connectivity index (χ0n) is 15.0. The second-order valence-electron chi connectivity index (χ2n) is 6.31. The molecule has 134 valence electrons. The first-order valence-corrected chi connectivity index (χ1v) is 8.49. The molecule has 2 aromatic rings. The monoisotopic (exact) mass is 343 g/mol. The van der Waals surface area contributed by atoms with Crippen molar-refractivity contribution in [3.63, 3.8) is 0 Å². The van der Waals surface area contributed by atoms with E-state index >= 15 is 0 Å². The van der Waals surface area contributed by atoms with Crippen molar-refractivity contribution in [3.8, 4) is 17.0 Å². The summed E-state index contributed by atoms with van der Waals surface area (Å²) in [6.07, 6.45) is 0.947. The number of hydrogen-bond donors (Lipinski definition) is 1. The van der Waals surface area contributed by atoms with Crippen molar-refractivity contribution in [1.29, 1.82) is 0 Å². The molecule has 6 heteroatoms. The molecule has 0 saturated heterocycles. The Labute approximate surface area is 147 Å². The van der Waals surface area contributed by atoms with Gasteiger partial charge >= 0.3 is 0 Å². The van der Waals surface area contributed by atoms with Crippen molar-refractivity contribution in [2.24, 2.45) is 5.92 Å². The number of aromatic nitrogens is 2. The van der Waals surface area contributed by atoms with E-state index in [4.69, 9.17) is 4.74 Å². The standard InChI is InChI=1S/C19H25N3O3/c1-14(2)13-20-18(23)8-5-11-22-19(24)10-9-17(21-22)15-6-4-7-16(12-15)25-3/h4,6-7,9-10,12,14H,5,8,11,13H2,1-3H3,(H,20,23). The molecule has 0 aliphatic heterocycles. The number of ether oxygens (including phenoxy) is 1. The maximum Gasteiger partial charge on any atom is 0.266 e. The summed E-state index contributed by atoms with van der Waals surface area (Å²) in [4.78, 5) is 23.7. The summed E-state index contributed by atoms with van der Waals surface area (Å²) < 4.78 is 6.63. The van der Waals surface area contributed by atoms with Gasteiger partial charge in [-0.05, 0) is 30.5 Å².